The molecule has 0 bridgehead atoms. The van der Waals surface area contributed by atoms with Gasteiger partial charge in [0, 0.05) is 16.9 Å². The SMILES string of the molecule is c1ccc(Oc2ccc3c(c2)-c2ccccc2N(c2ccccc2)B3c2ccccc2)cc1. The molecule has 3 heteroatoms. The van der Waals surface area contributed by atoms with Gasteiger partial charge in [0.2, 0.25) is 0 Å². The molecule has 0 unspecified atom stereocenters. The second kappa shape index (κ2) is 8.36. The van der Waals surface area contributed by atoms with Gasteiger partial charge in [-0.25, -0.2) is 0 Å². The number of ether oxygens (including phenoxy) is 1. The minimum Gasteiger partial charge on any atom is -0.457 e. The summed E-state index contributed by atoms with van der Waals surface area (Å²) in [5.74, 6) is 1.68. The first-order valence-electron chi connectivity index (χ1n) is 11.2. The summed E-state index contributed by atoms with van der Waals surface area (Å²) < 4.78 is 6.20. The summed E-state index contributed by atoms with van der Waals surface area (Å²) in [6.45, 7) is 0.0595. The first kappa shape index (κ1) is 19.5. The predicted molar refractivity (Wildman–Crippen MR) is 138 cm³/mol. The van der Waals surface area contributed by atoms with Crippen LogP contribution in [0.15, 0.2) is 133 Å². The molecule has 2 nitrogen and oxygen atoms in total. The molecule has 1 aliphatic heterocycles. The zero-order valence-corrected chi connectivity index (χ0v) is 18.1. The Bertz CT molecular complexity index is 1390. The molecule has 33 heavy (non-hydrogen) atoms. The van der Waals surface area contributed by atoms with E-state index in [1.807, 2.05) is 30.3 Å². The minimum absolute atomic E-state index is 0.0595. The number of para-hydroxylation sites is 3. The first-order valence-corrected chi connectivity index (χ1v) is 11.2. The summed E-state index contributed by atoms with van der Waals surface area (Å²) in [6.07, 6.45) is 0. The average molecular weight is 423 g/mol. The van der Waals surface area contributed by atoms with Gasteiger partial charge in [-0.05, 0) is 53.5 Å². The van der Waals surface area contributed by atoms with Gasteiger partial charge in [0.25, 0.3) is 0 Å². The van der Waals surface area contributed by atoms with E-state index in [0.29, 0.717) is 0 Å². The van der Waals surface area contributed by atoms with Crippen LogP contribution >= 0.6 is 0 Å². The third-order valence-electron chi connectivity index (χ3n) is 6.16. The van der Waals surface area contributed by atoms with Crippen molar-refractivity contribution in [3.63, 3.8) is 0 Å². The van der Waals surface area contributed by atoms with E-state index in [2.05, 4.69) is 108 Å². The Morgan fingerprint density at radius 2 is 1.15 bits per heavy atom. The molecule has 5 aromatic carbocycles. The molecule has 0 spiro atoms. The molecule has 0 N–H and O–H groups in total. The van der Waals surface area contributed by atoms with Crippen LogP contribution < -0.4 is 20.5 Å². The van der Waals surface area contributed by atoms with Crippen LogP contribution in [0.1, 0.15) is 0 Å². The first-order chi connectivity index (χ1) is 16.4. The van der Waals surface area contributed by atoms with Crippen LogP contribution in [-0.2, 0) is 0 Å². The van der Waals surface area contributed by atoms with Crippen LogP contribution in [0.3, 0.4) is 0 Å². The number of hydrogen-bond acceptors (Lipinski definition) is 2. The molecule has 0 atom stereocenters. The number of benzene rings is 5. The van der Waals surface area contributed by atoms with Crippen molar-refractivity contribution in [3.8, 4) is 22.6 Å². The summed E-state index contributed by atoms with van der Waals surface area (Å²) in [4.78, 5) is 2.45. The molecule has 156 valence electrons. The molecular formula is C30H22BNO. The van der Waals surface area contributed by atoms with E-state index in [1.165, 1.54) is 33.4 Å². The maximum atomic E-state index is 6.20. The second-order valence-corrected chi connectivity index (χ2v) is 8.20. The molecule has 0 radical (unpaired) electrons. The Labute approximate surface area is 194 Å². The molecule has 0 saturated carbocycles. The van der Waals surface area contributed by atoms with Gasteiger partial charge in [0.05, 0.1) is 0 Å². The molecule has 0 aliphatic carbocycles. The maximum absolute atomic E-state index is 6.20. The van der Waals surface area contributed by atoms with Gasteiger partial charge in [-0.3, -0.25) is 0 Å². The average Bonchev–Trinajstić information content (AvgIpc) is 2.89. The fourth-order valence-corrected chi connectivity index (χ4v) is 4.73. The predicted octanol–water partition coefficient (Wildman–Crippen LogP) is 6.40. The van der Waals surface area contributed by atoms with E-state index in [9.17, 15) is 0 Å². The standard InChI is InChI=1S/C30H22BNO/c1-4-12-23(13-5-1)31-29-21-20-26(33-25-16-8-3-9-17-25)22-28(29)27-18-10-11-19-30(27)32(31)24-14-6-2-7-15-24/h1-22H. The van der Waals surface area contributed by atoms with Crippen LogP contribution in [0.4, 0.5) is 11.4 Å². The summed E-state index contributed by atoms with van der Waals surface area (Å²) >= 11 is 0. The van der Waals surface area contributed by atoms with Gasteiger partial charge in [-0.1, -0.05) is 96.5 Å². The van der Waals surface area contributed by atoms with Gasteiger partial charge >= 0.3 is 6.85 Å². The number of hydrogen-bond donors (Lipinski definition) is 0. The van der Waals surface area contributed by atoms with Crippen molar-refractivity contribution in [1.82, 2.24) is 0 Å². The van der Waals surface area contributed by atoms with Gasteiger partial charge < -0.3 is 9.55 Å². The molecule has 5 aromatic rings. The molecule has 1 heterocycles. The van der Waals surface area contributed by atoms with Crippen molar-refractivity contribution in [2.75, 3.05) is 4.81 Å². The zero-order valence-electron chi connectivity index (χ0n) is 18.1. The van der Waals surface area contributed by atoms with Gasteiger partial charge in [0.1, 0.15) is 11.5 Å². The molecule has 0 aromatic heterocycles. The van der Waals surface area contributed by atoms with Crippen LogP contribution in [0.5, 0.6) is 11.5 Å². The monoisotopic (exact) mass is 423 g/mol. The lowest BCUT2D eigenvalue weighted by Gasteiger charge is -2.39. The quantitative estimate of drug-likeness (QED) is 0.310. The molecule has 6 rings (SSSR count). The minimum atomic E-state index is 0.0595. The smallest absolute Gasteiger partial charge is 0.328 e. The fraction of sp³-hybridized carbons (Fsp3) is 0. The van der Waals surface area contributed by atoms with E-state index in [1.54, 1.807) is 0 Å². The van der Waals surface area contributed by atoms with Gasteiger partial charge in [-0.15, -0.1) is 0 Å². The zero-order chi connectivity index (χ0) is 22.0. The summed E-state index contributed by atoms with van der Waals surface area (Å²) in [7, 11) is 0. The van der Waals surface area contributed by atoms with Crippen LogP contribution in [0, 0.1) is 0 Å². The molecule has 0 saturated heterocycles. The maximum Gasteiger partial charge on any atom is 0.328 e. The second-order valence-electron chi connectivity index (χ2n) is 8.20. The largest absolute Gasteiger partial charge is 0.457 e. The van der Waals surface area contributed by atoms with Gasteiger partial charge in [0.15, 0.2) is 0 Å². The van der Waals surface area contributed by atoms with Crippen molar-refractivity contribution < 1.29 is 4.74 Å². The van der Waals surface area contributed by atoms with E-state index in [-0.39, 0.29) is 6.85 Å². The van der Waals surface area contributed by atoms with Crippen molar-refractivity contribution in [2.45, 2.75) is 0 Å². The summed E-state index contributed by atoms with van der Waals surface area (Å²) in [5.41, 5.74) is 7.32. The fourth-order valence-electron chi connectivity index (χ4n) is 4.73. The van der Waals surface area contributed by atoms with E-state index in [4.69, 9.17) is 4.74 Å². The van der Waals surface area contributed by atoms with E-state index < -0.39 is 0 Å². The van der Waals surface area contributed by atoms with Crippen LogP contribution in [0.2, 0.25) is 0 Å². The number of fused-ring (bicyclic) bond motifs is 3. The normalized spacial score (nSPS) is 12.1. The van der Waals surface area contributed by atoms with Gasteiger partial charge in [-0.2, -0.15) is 0 Å². The Morgan fingerprint density at radius 3 is 1.91 bits per heavy atom. The number of anilines is 2. The molecule has 0 fully saturated rings. The molecule has 1 aliphatic rings. The molecular weight excluding hydrogens is 401 g/mol. The topological polar surface area (TPSA) is 12.5 Å². The van der Waals surface area contributed by atoms with Crippen LogP contribution in [-0.4, -0.2) is 6.85 Å². The summed E-state index contributed by atoms with van der Waals surface area (Å²) in [6, 6.07) is 46.5. The lowest BCUT2D eigenvalue weighted by atomic mass is 9.46. The number of rotatable bonds is 4. The molecule has 0 amide bonds. The lowest BCUT2D eigenvalue weighted by Crippen LogP contribution is -2.57. The van der Waals surface area contributed by atoms with E-state index in [0.717, 1.165) is 11.5 Å². The highest BCUT2D eigenvalue weighted by atomic mass is 16.5. The Hall–Kier alpha value is -4.24. The Balaban J connectivity index is 1.56. The Morgan fingerprint density at radius 1 is 0.515 bits per heavy atom. The lowest BCUT2D eigenvalue weighted by molar-refractivity contribution is 0.483. The Kier molecular flexibility index (Phi) is 4.93. The summed E-state index contributed by atoms with van der Waals surface area (Å²) in [5, 5.41) is 0. The van der Waals surface area contributed by atoms with E-state index >= 15 is 0 Å². The van der Waals surface area contributed by atoms with Crippen molar-refractivity contribution in [3.05, 3.63) is 133 Å². The van der Waals surface area contributed by atoms with Crippen molar-refractivity contribution in [2.24, 2.45) is 0 Å². The highest BCUT2D eigenvalue weighted by Gasteiger charge is 2.37. The third-order valence-corrected chi connectivity index (χ3v) is 6.16. The third kappa shape index (κ3) is 3.58. The van der Waals surface area contributed by atoms with Crippen molar-refractivity contribution in [1.29, 1.82) is 0 Å². The van der Waals surface area contributed by atoms with Crippen LogP contribution in [0.25, 0.3) is 11.1 Å². The van der Waals surface area contributed by atoms with Crippen molar-refractivity contribution >= 4 is 29.1 Å². The highest BCUT2D eigenvalue weighted by molar-refractivity contribution is 6.90. The number of nitrogens with zero attached hydrogens (tertiary/aromatic N) is 1. The highest BCUT2D eigenvalue weighted by Crippen LogP contribution is 2.40.